The molecule has 0 saturated heterocycles. The molecule has 0 fully saturated rings. The third kappa shape index (κ3) is 10.1. The molecule has 5 aromatic rings. The summed E-state index contributed by atoms with van der Waals surface area (Å²) in [6.07, 6.45) is 2.12. The Morgan fingerprint density at radius 1 is 0.790 bits per heavy atom. The van der Waals surface area contributed by atoms with Crippen LogP contribution >= 0.6 is 0 Å². The summed E-state index contributed by atoms with van der Waals surface area (Å²) in [5, 5.41) is 26.3. The van der Waals surface area contributed by atoms with Gasteiger partial charge in [-0.2, -0.15) is 4.39 Å². The van der Waals surface area contributed by atoms with Crippen molar-refractivity contribution >= 4 is 46.3 Å². The third-order valence-electron chi connectivity index (χ3n) is 8.06. The summed E-state index contributed by atoms with van der Waals surface area (Å²) in [4.78, 5) is 71.7. The van der Waals surface area contributed by atoms with Gasteiger partial charge in [0, 0.05) is 26.5 Å². The number of aromatic hydroxyl groups is 1. The van der Waals surface area contributed by atoms with Crippen LogP contribution in [0.1, 0.15) is 62.7 Å². The number of benzene rings is 4. The van der Waals surface area contributed by atoms with Crippen LogP contribution in [0.5, 0.6) is 17.2 Å². The number of Topliss-reactive ketones (excluding diaryl/α,β-unsaturated/α-hetero) is 1. The Morgan fingerprint density at radius 2 is 1.37 bits per heavy atom. The maximum Gasteiger partial charge on any atom is 0.343 e. The monoisotopic (exact) mass is 875 g/mol. The molecular formula is C41H35F6N3O12. The average Bonchev–Trinajstić information content (AvgIpc) is 3.21. The van der Waals surface area contributed by atoms with Crippen molar-refractivity contribution in [2.45, 2.75) is 21.3 Å². The molecule has 328 valence electrons. The third-order valence-corrected chi connectivity index (χ3v) is 8.06. The molecule has 15 nitrogen and oxygen atoms in total. The number of aromatic nitrogens is 1. The van der Waals surface area contributed by atoms with E-state index in [1.54, 1.807) is 6.92 Å². The number of carboxylic acids is 2. The Bertz CT molecular complexity index is 2720. The van der Waals surface area contributed by atoms with E-state index in [1.807, 2.05) is 0 Å². The summed E-state index contributed by atoms with van der Waals surface area (Å²) in [5.41, 5.74) is 2.32. The van der Waals surface area contributed by atoms with Gasteiger partial charge >= 0.3 is 23.9 Å². The highest BCUT2D eigenvalue weighted by atomic mass is 19.2. The molecule has 1 aliphatic rings. The molecule has 2 heterocycles. The first kappa shape index (κ1) is 48.5. The van der Waals surface area contributed by atoms with Gasteiger partial charge in [0.15, 0.2) is 40.6 Å². The number of esters is 2. The number of hydrogen-bond acceptors (Lipinski definition) is 12. The first-order chi connectivity index (χ1) is 28.6. The minimum atomic E-state index is -2.13. The molecule has 21 heteroatoms. The number of aromatic carboxylic acids is 2. The molecule has 0 spiro atoms. The van der Waals surface area contributed by atoms with Crippen molar-refractivity contribution in [3.05, 3.63) is 134 Å². The smallest absolute Gasteiger partial charge is 0.343 e. The molecule has 4 aromatic carbocycles. The number of carboxylic acid groups (broad SMARTS) is 2. The molecule has 0 unspecified atom stereocenters. The van der Waals surface area contributed by atoms with Crippen LogP contribution in [0.15, 0.2) is 71.3 Å². The number of ether oxygens (including phenoxy) is 3. The Kier molecular flexibility index (Phi) is 15.6. The van der Waals surface area contributed by atoms with Crippen LogP contribution in [0.25, 0.3) is 16.6 Å². The van der Waals surface area contributed by atoms with Gasteiger partial charge in [-0.15, -0.1) is 0 Å². The quantitative estimate of drug-likeness (QED) is 0.0110. The number of nitrogen functional groups attached to an aromatic ring is 1. The molecule has 5 N–H and O–H groups in total. The topological polar surface area (TPSA) is 225 Å². The Labute approximate surface area is 346 Å². The highest BCUT2D eigenvalue weighted by Crippen LogP contribution is 2.42. The highest BCUT2D eigenvalue weighted by molar-refractivity contribution is 6.24. The molecule has 0 saturated carbocycles. The number of nitrogens with two attached hydrogens (primary N) is 1. The maximum absolute atomic E-state index is 14.4. The number of rotatable bonds is 9. The van der Waals surface area contributed by atoms with Crippen LogP contribution in [-0.2, 0) is 14.3 Å². The Hall–Kier alpha value is -7.84. The highest BCUT2D eigenvalue weighted by Gasteiger charge is 2.31. The number of hydrogen-bond donors (Lipinski definition) is 4. The summed E-state index contributed by atoms with van der Waals surface area (Å²) in [6.45, 7) is 2.97. The fourth-order valence-electron chi connectivity index (χ4n) is 5.32. The van der Waals surface area contributed by atoms with Crippen molar-refractivity contribution in [2.75, 3.05) is 33.0 Å². The fraction of sp³-hybridized carbons (Fsp3) is 0.171. The van der Waals surface area contributed by atoms with E-state index < -0.39 is 92.4 Å². The van der Waals surface area contributed by atoms with Gasteiger partial charge in [0.1, 0.15) is 22.4 Å². The van der Waals surface area contributed by atoms with E-state index in [4.69, 9.17) is 25.4 Å². The number of halogens is 6. The Balaban J connectivity index is 0.000000268. The predicted octanol–water partition coefficient (Wildman–Crippen LogP) is 6.99. The normalized spacial score (nSPS) is 11.0. The lowest BCUT2D eigenvalue weighted by molar-refractivity contribution is -0.138. The van der Waals surface area contributed by atoms with Crippen molar-refractivity contribution in [3.8, 4) is 22.9 Å². The summed E-state index contributed by atoms with van der Waals surface area (Å²) < 4.78 is 97.5. The van der Waals surface area contributed by atoms with E-state index in [0.717, 1.165) is 12.4 Å². The van der Waals surface area contributed by atoms with E-state index >= 15 is 0 Å². The SMILES string of the molecule is C.CCOC(=O)/C(=C\N(C)C)C(=O)c1cc(F)c(F)c(F)c1F.CCOC(=O)c1cn2c3c(c(F)c(F)cc3c1=O)Oc1ccc(C(=O)O)cc1-2.Nc1cc(C(=O)O)ccc1O. The lowest BCUT2D eigenvalue weighted by Crippen LogP contribution is -2.22. The van der Waals surface area contributed by atoms with Crippen LogP contribution < -0.4 is 15.9 Å². The minimum Gasteiger partial charge on any atom is -0.506 e. The number of phenolic OH excluding ortho intramolecular Hbond substituents is 1. The minimum absolute atomic E-state index is 0. The number of nitrogens with zero attached hydrogens (tertiary/aromatic N) is 2. The van der Waals surface area contributed by atoms with E-state index in [2.05, 4.69) is 4.74 Å². The number of pyridine rings is 1. The number of ketones is 1. The molecule has 0 amide bonds. The number of carbonyl (C=O) groups is 5. The second-order valence-electron chi connectivity index (χ2n) is 12.4. The van der Waals surface area contributed by atoms with E-state index in [-0.39, 0.29) is 71.6 Å². The van der Waals surface area contributed by atoms with E-state index in [9.17, 15) is 60.2 Å². The predicted molar refractivity (Wildman–Crippen MR) is 208 cm³/mol. The van der Waals surface area contributed by atoms with Gasteiger partial charge < -0.3 is 44.7 Å². The molecule has 1 aromatic heterocycles. The maximum atomic E-state index is 14.4. The summed E-state index contributed by atoms with van der Waals surface area (Å²) in [6, 6.07) is 8.35. The van der Waals surface area contributed by atoms with Crippen LogP contribution in [0.2, 0.25) is 0 Å². The van der Waals surface area contributed by atoms with Crippen molar-refractivity contribution in [3.63, 3.8) is 0 Å². The van der Waals surface area contributed by atoms with Gasteiger partial charge in [-0.1, -0.05) is 7.43 Å². The zero-order valence-electron chi connectivity index (χ0n) is 31.9. The zero-order valence-corrected chi connectivity index (χ0v) is 31.9. The van der Waals surface area contributed by atoms with Crippen LogP contribution in [0, 0.1) is 34.9 Å². The molecule has 0 atom stereocenters. The van der Waals surface area contributed by atoms with Gasteiger partial charge in [0.05, 0.1) is 46.7 Å². The van der Waals surface area contributed by atoms with Crippen molar-refractivity contribution < 1.29 is 79.8 Å². The fourth-order valence-corrected chi connectivity index (χ4v) is 5.32. The van der Waals surface area contributed by atoms with Crippen molar-refractivity contribution in [1.82, 2.24) is 9.47 Å². The Morgan fingerprint density at radius 3 is 1.94 bits per heavy atom. The first-order valence-corrected chi connectivity index (χ1v) is 17.2. The number of carbonyl (C=O) groups excluding carboxylic acids is 3. The number of fused-ring (bicyclic) bond motifs is 2. The van der Waals surface area contributed by atoms with Gasteiger partial charge in [-0.05, 0) is 62.4 Å². The molecule has 1 aliphatic heterocycles. The summed E-state index contributed by atoms with van der Waals surface area (Å²) in [7, 11) is 2.93. The molecule has 6 rings (SSSR count). The first-order valence-electron chi connectivity index (χ1n) is 17.2. The number of phenols is 1. The van der Waals surface area contributed by atoms with Gasteiger partial charge in [-0.25, -0.2) is 41.1 Å². The number of anilines is 1. The lowest BCUT2D eigenvalue weighted by Gasteiger charge is -2.24. The molecule has 0 bridgehead atoms. The van der Waals surface area contributed by atoms with Crippen LogP contribution in [-0.4, -0.2) is 81.8 Å². The van der Waals surface area contributed by atoms with E-state index in [0.29, 0.717) is 6.07 Å². The molecular weight excluding hydrogens is 840 g/mol. The van der Waals surface area contributed by atoms with Crippen LogP contribution in [0.4, 0.5) is 32.0 Å². The summed E-state index contributed by atoms with van der Waals surface area (Å²) >= 11 is 0. The zero-order chi connectivity index (χ0) is 45.6. The van der Waals surface area contributed by atoms with Gasteiger partial charge in [-0.3, -0.25) is 9.59 Å². The van der Waals surface area contributed by atoms with Crippen molar-refractivity contribution in [1.29, 1.82) is 0 Å². The molecule has 0 radical (unpaired) electrons. The van der Waals surface area contributed by atoms with Gasteiger partial charge in [0.2, 0.25) is 17.0 Å². The molecule has 0 aliphatic carbocycles. The lowest BCUT2D eigenvalue weighted by atomic mass is 10.0. The van der Waals surface area contributed by atoms with E-state index in [1.165, 1.54) is 66.9 Å². The standard InChI is InChI=1S/C19H11F2NO6.C14H13F4NO3.C7H7NO3.CH4/c1-2-27-19(26)10-7-22-12-5-8(18(24)25)3-4-13(12)28-17-14(21)11(20)6-9(15(17)22)16(10)23;1-4-22-14(21)8(6-19(2)3)13(20)7-5-9(15)11(17)12(18)10(7)16;8-5-3-4(7(10)11)1-2-6(5)9;/h3-7H,2H2,1H3,(H,24,25);5-6H,4H2,1-3H3;1-3,9H,8H2,(H,10,11);1H4/b;8-6-;;. The molecule has 62 heavy (non-hydrogen) atoms. The van der Waals surface area contributed by atoms with Crippen molar-refractivity contribution in [2.24, 2.45) is 0 Å². The average molecular weight is 876 g/mol. The largest absolute Gasteiger partial charge is 0.506 e. The second-order valence-corrected chi connectivity index (χ2v) is 12.4. The van der Waals surface area contributed by atoms with Crippen LogP contribution in [0.3, 0.4) is 0 Å². The second kappa shape index (κ2) is 19.9. The van der Waals surface area contributed by atoms with Gasteiger partial charge in [0.25, 0.3) is 0 Å². The summed E-state index contributed by atoms with van der Waals surface area (Å²) in [5.74, 6) is -16.6.